The van der Waals surface area contributed by atoms with Crippen LogP contribution in [-0.4, -0.2) is 22.7 Å². The van der Waals surface area contributed by atoms with Crippen LogP contribution in [0.3, 0.4) is 0 Å². The molecule has 108 valence electrons. The van der Waals surface area contributed by atoms with Crippen molar-refractivity contribution in [3.8, 4) is 0 Å². The van der Waals surface area contributed by atoms with E-state index in [0.717, 1.165) is 12.8 Å². The Balaban J connectivity index is 2.83. The third kappa shape index (κ3) is 5.01. The summed E-state index contributed by atoms with van der Waals surface area (Å²) in [5.41, 5.74) is 0.0886. The van der Waals surface area contributed by atoms with Gasteiger partial charge in [0, 0.05) is 6.42 Å². The van der Waals surface area contributed by atoms with E-state index in [2.05, 4.69) is 30.9 Å². The molecule has 0 aliphatic rings. The normalized spacial score (nSPS) is 13.3. The molecule has 0 fully saturated rings. The number of carbonyl (C=O) groups excluding carboxylic acids is 1. The third-order valence-corrected chi connectivity index (χ3v) is 2.62. The summed E-state index contributed by atoms with van der Waals surface area (Å²) in [6.07, 6.45) is 2.24. The molecule has 0 aromatic carbocycles. The Labute approximate surface area is 114 Å². The van der Waals surface area contributed by atoms with Gasteiger partial charge in [0.1, 0.15) is 5.92 Å². The molecule has 0 spiro atoms. The van der Waals surface area contributed by atoms with Crippen LogP contribution in [-0.2, 0) is 16.0 Å². The maximum absolute atomic E-state index is 11.9. The van der Waals surface area contributed by atoms with Crippen LogP contribution < -0.4 is 0 Å². The Morgan fingerprint density at radius 3 is 2.58 bits per heavy atom. The molecule has 0 bridgehead atoms. The van der Waals surface area contributed by atoms with Crippen LogP contribution in [0.2, 0.25) is 0 Å². The molecule has 1 aromatic rings. The van der Waals surface area contributed by atoms with Gasteiger partial charge >= 0.3 is 5.97 Å². The second-order valence-electron chi connectivity index (χ2n) is 5.88. The van der Waals surface area contributed by atoms with Gasteiger partial charge in [0.05, 0.1) is 6.61 Å². The number of nitrogens with zero attached hydrogens (tertiary/aromatic N) is 2. The standard InChI is InChI=1S/C14H24N2O3/c1-6-8-10(13(17)18-7-2)12-15-11(16-19-12)9-14(3,4)5/h10H,6-9H2,1-5H3. The Morgan fingerprint density at radius 1 is 1.37 bits per heavy atom. The van der Waals surface area contributed by atoms with E-state index in [9.17, 15) is 4.79 Å². The highest BCUT2D eigenvalue weighted by atomic mass is 16.5. The fraction of sp³-hybridized carbons (Fsp3) is 0.786. The van der Waals surface area contributed by atoms with E-state index in [1.165, 1.54) is 0 Å². The van der Waals surface area contributed by atoms with E-state index in [1.807, 2.05) is 6.92 Å². The molecule has 19 heavy (non-hydrogen) atoms. The second-order valence-corrected chi connectivity index (χ2v) is 5.88. The molecule has 1 unspecified atom stereocenters. The topological polar surface area (TPSA) is 65.2 Å². The van der Waals surface area contributed by atoms with Gasteiger partial charge < -0.3 is 9.26 Å². The molecule has 1 aromatic heterocycles. The average Bonchev–Trinajstić information content (AvgIpc) is 2.71. The van der Waals surface area contributed by atoms with Crippen LogP contribution in [0.5, 0.6) is 0 Å². The molecule has 0 saturated carbocycles. The number of hydrogen-bond donors (Lipinski definition) is 0. The lowest BCUT2D eigenvalue weighted by Crippen LogP contribution is -2.16. The van der Waals surface area contributed by atoms with Crippen molar-refractivity contribution in [1.82, 2.24) is 10.1 Å². The van der Waals surface area contributed by atoms with Crippen molar-refractivity contribution in [2.45, 2.75) is 59.8 Å². The van der Waals surface area contributed by atoms with Crippen molar-refractivity contribution >= 4 is 5.97 Å². The fourth-order valence-electron chi connectivity index (χ4n) is 1.83. The molecule has 0 N–H and O–H groups in total. The zero-order chi connectivity index (χ0) is 14.5. The molecule has 1 rings (SSSR count). The molecule has 1 atom stereocenters. The van der Waals surface area contributed by atoms with Gasteiger partial charge in [-0.2, -0.15) is 4.98 Å². The Hall–Kier alpha value is -1.39. The quantitative estimate of drug-likeness (QED) is 0.742. The zero-order valence-corrected chi connectivity index (χ0v) is 12.5. The third-order valence-electron chi connectivity index (χ3n) is 2.62. The molecule has 0 aliphatic carbocycles. The average molecular weight is 268 g/mol. The predicted molar refractivity (Wildman–Crippen MR) is 71.7 cm³/mol. The van der Waals surface area contributed by atoms with E-state index in [1.54, 1.807) is 6.92 Å². The van der Waals surface area contributed by atoms with Crippen molar-refractivity contribution in [3.63, 3.8) is 0 Å². The van der Waals surface area contributed by atoms with Crippen LogP contribution in [0.25, 0.3) is 0 Å². The molecule has 0 saturated heterocycles. The minimum absolute atomic E-state index is 0.0886. The van der Waals surface area contributed by atoms with Gasteiger partial charge in [0.2, 0.25) is 5.89 Å². The number of ether oxygens (including phenoxy) is 1. The maximum atomic E-state index is 11.9. The van der Waals surface area contributed by atoms with Gasteiger partial charge in [-0.3, -0.25) is 4.79 Å². The van der Waals surface area contributed by atoms with Gasteiger partial charge in [0.25, 0.3) is 0 Å². The molecule has 5 heteroatoms. The maximum Gasteiger partial charge on any atom is 0.318 e. The van der Waals surface area contributed by atoms with Gasteiger partial charge in [-0.05, 0) is 18.8 Å². The van der Waals surface area contributed by atoms with Gasteiger partial charge in [0.15, 0.2) is 5.82 Å². The van der Waals surface area contributed by atoms with Crippen LogP contribution in [0.15, 0.2) is 4.52 Å². The Kier molecular flexibility index (Phi) is 5.51. The zero-order valence-electron chi connectivity index (χ0n) is 12.5. The monoisotopic (exact) mass is 268 g/mol. The van der Waals surface area contributed by atoms with Crippen molar-refractivity contribution < 1.29 is 14.1 Å². The van der Waals surface area contributed by atoms with Crippen molar-refractivity contribution in [1.29, 1.82) is 0 Å². The van der Waals surface area contributed by atoms with E-state index < -0.39 is 5.92 Å². The minimum Gasteiger partial charge on any atom is -0.465 e. The Bertz CT molecular complexity index is 407. The summed E-state index contributed by atoms with van der Waals surface area (Å²) in [6.45, 7) is 10.5. The van der Waals surface area contributed by atoms with Crippen molar-refractivity contribution in [2.75, 3.05) is 6.61 Å². The van der Waals surface area contributed by atoms with E-state index in [-0.39, 0.29) is 11.4 Å². The summed E-state index contributed by atoms with van der Waals surface area (Å²) in [5.74, 6) is 0.300. The first-order valence-electron chi connectivity index (χ1n) is 6.86. The molecule has 1 heterocycles. The van der Waals surface area contributed by atoms with Gasteiger partial charge in [-0.1, -0.05) is 39.3 Å². The van der Waals surface area contributed by atoms with Crippen LogP contribution >= 0.6 is 0 Å². The smallest absolute Gasteiger partial charge is 0.318 e. The fourth-order valence-corrected chi connectivity index (χ4v) is 1.83. The van der Waals surface area contributed by atoms with Gasteiger partial charge in [-0.15, -0.1) is 0 Å². The summed E-state index contributed by atoms with van der Waals surface area (Å²) in [4.78, 5) is 16.2. The molecule has 0 amide bonds. The lowest BCUT2D eigenvalue weighted by Gasteiger charge is -2.14. The largest absolute Gasteiger partial charge is 0.465 e. The number of rotatable bonds is 6. The number of esters is 1. The molecule has 0 aliphatic heterocycles. The highest BCUT2D eigenvalue weighted by Crippen LogP contribution is 2.24. The molecule has 5 nitrogen and oxygen atoms in total. The highest BCUT2D eigenvalue weighted by Gasteiger charge is 2.28. The lowest BCUT2D eigenvalue weighted by atomic mass is 9.92. The SMILES string of the molecule is CCCC(C(=O)OCC)c1nc(CC(C)(C)C)no1. The lowest BCUT2D eigenvalue weighted by molar-refractivity contribution is -0.145. The first kappa shape index (κ1) is 15.7. The molecule has 0 radical (unpaired) electrons. The number of aromatic nitrogens is 2. The summed E-state index contributed by atoms with van der Waals surface area (Å²) in [5, 5.41) is 3.95. The van der Waals surface area contributed by atoms with Crippen LogP contribution in [0.1, 0.15) is 65.1 Å². The molecular weight excluding hydrogens is 244 g/mol. The Morgan fingerprint density at radius 2 is 2.05 bits per heavy atom. The summed E-state index contributed by atoms with van der Waals surface area (Å²) in [6, 6.07) is 0. The van der Waals surface area contributed by atoms with Crippen molar-refractivity contribution in [3.05, 3.63) is 11.7 Å². The minimum atomic E-state index is -0.439. The van der Waals surface area contributed by atoms with E-state index >= 15 is 0 Å². The predicted octanol–water partition coefficient (Wildman–Crippen LogP) is 3.11. The van der Waals surface area contributed by atoms with E-state index in [4.69, 9.17) is 9.26 Å². The van der Waals surface area contributed by atoms with Crippen LogP contribution in [0.4, 0.5) is 0 Å². The number of hydrogen-bond acceptors (Lipinski definition) is 5. The summed E-state index contributed by atoms with van der Waals surface area (Å²) >= 11 is 0. The van der Waals surface area contributed by atoms with E-state index in [0.29, 0.717) is 24.7 Å². The second kappa shape index (κ2) is 6.68. The number of carbonyl (C=O) groups is 1. The first-order valence-corrected chi connectivity index (χ1v) is 6.86. The summed E-state index contributed by atoms with van der Waals surface area (Å²) in [7, 11) is 0. The molecular formula is C14H24N2O3. The van der Waals surface area contributed by atoms with Gasteiger partial charge in [-0.25, -0.2) is 0 Å². The first-order chi connectivity index (χ1) is 8.87. The van der Waals surface area contributed by atoms with Crippen LogP contribution in [0, 0.1) is 5.41 Å². The highest BCUT2D eigenvalue weighted by molar-refractivity contribution is 5.76. The summed E-state index contributed by atoms with van der Waals surface area (Å²) < 4.78 is 10.3. The van der Waals surface area contributed by atoms with Crippen molar-refractivity contribution in [2.24, 2.45) is 5.41 Å².